The van der Waals surface area contributed by atoms with Crippen molar-refractivity contribution in [2.24, 2.45) is 0 Å². The molecule has 25 heavy (non-hydrogen) atoms. The quantitative estimate of drug-likeness (QED) is 0.710. The van der Waals surface area contributed by atoms with Crippen molar-refractivity contribution < 1.29 is 22.4 Å². The number of aromatic nitrogens is 3. The van der Waals surface area contributed by atoms with Gasteiger partial charge in [0.15, 0.2) is 5.82 Å². The lowest BCUT2D eigenvalue weighted by Gasteiger charge is -2.10. The Bertz CT molecular complexity index is 895. The molecule has 0 saturated heterocycles. The van der Waals surface area contributed by atoms with E-state index >= 15 is 0 Å². The van der Waals surface area contributed by atoms with Crippen molar-refractivity contribution >= 4 is 23.1 Å². The molecular formula is C15H8F4N4OS. The van der Waals surface area contributed by atoms with Crippen LogP contribution in [0.4, 0.5) is 23.4 Å². The molecule has 0 spiro atoms. The minimum Gasteiger partial charge on any atom is -0.304 e. The molecule has 2 heterocycles. The fourth-order valence-electron chi connectivity index (χ4n) is 1.96. The lowest BCUT2D eigenvalue weighted by atomic mass is 10.1. The maximum Gasteiger partial charge on any atom is 0.419 e. The molecule has 0 fully saturated rings. The van der Waals surface area contributed by atoms with Crippen LogP contribution in [0.25, 0.3) is 11.3 Å². The van der Waals surface area contributed by atoms with Crippen molar-refractivity contribution in [1.82, 2.24) is 15.2 Å². The Morgan fingerprint density at radius 3 is 2.52 bits per heavy atom. The smallest absolute Gasteiger partial charge is 0.304 e. The third kappa shape index (κ3) is 3.79. The summed E-state index contributed by atoms with van der Waals surface area (Å²) in [6, 6.07) is 5.30. The molecule has 0 bridgehead atoms. The predicted molar refractivity (Wildman–Crippen MR) is 82.5 cm³/mol. The molecule has 3 aromatic rings. The van der Waals surface area contributed by atoms with E-state index in [-0.39, 0.29) is 22.8 Å². The van der Waals surface area contributed by atoms with Crippen molar-refractivity contribution in [3.05, 3.63) is 58.3 Å². The first kappa shape index (κ1) is 17.0. The number of halogens is 4. The SMILES string of the molecule is O=C(Nc1ccc(-c2ccc(F)c(C(F)(F)F)c2)nn1)c1cscn1. The molecule has 2 aromatic heterocycles. The number of thiazole rings is 1. The summed E-state index contributed by atoms with van der Waals surface area (Å²) in [6.07, 6.45) is -4.81. The molecule has 10 heteroatoms. The average molecular weight is 368 g/mol. The second-order valence-corrected chi connectivity index (χ2v) is 5.54. The summed E-state index contributed by atoms with van der Waals surface area (Å²) < 4.78 is 51.6. The summed E-state index contributed by atoms with van der Waals surface area (Å²) >= 11 is 1.25. The number of anilines is 1. The molecule has 1 N–H and O–H groups in total. The number of hydrogen-bond donors (Lipinski definition) is 1. The molecule has 1 amide bonds. The summed E-state index contributed by atoms with van der Waals surface area (Å²) in [7, 11) is 0. The van der Waals surface area contributed by atoms with Gasteiger partial charge in [0.1, 0.15) is 11.5 Å². The van der Waals surface area contributed by atoms with Crippen LogP contribution in [0.3, 0.4) is 0 Å². The highest BCUT2D eigenvalue weighted by molar-refractivity contribution is 7.07. The molecule has 0 atom stereocenters. The highest BCUT2D eigenvalue weighted by atomic mass is 32.1. The number of amides is 1. The molecule has 0 unspecified atom stereocenters. The molecule has 0 radical (unpaired) electrons. The van der Waals surface area contributed by atoms with Crippen molar-refractivity contribution in [1.29, 1.82) is 0 Å². The van der Waals surface area contributed by atoms with Gasteiger partial charge < -0.3 is 5.32 Å². The van der Waals surface area contributed by atoms with Crippen molar-refractivity contribution in [3.8, 4) is 11.3 Å². The summed E-state index contributed by atoms with van der Waals surface area (Å²) in [5, 5.41) is 11.5. The first-order valence-corrected chi connectivity index (χ1v) is 7.69. The largest absolute Gasteiger partial charge is 0.419 e. The van der Waals surface area contributed by atoms with E-state index in [1.165, 1.54) is 35.0 Å². The Morgan fingerprint density at radius 2 is 1.92 bits per heavy atom. The Morgan fingerprint density at radius 1 is 1.12 bits per heavy atom. The average Bonchev–Trinajstić information content (AvgIpc) is 3.10. The van der Waals surface area contributed by atoms with E-state index in [0.717, 1.165) is 6.07 Å². The van der Waals surface area contributed by atoms with Crippen LogP contribution in [0.1, 0.15) is 16.1 Å². The van der Waals surface area contributed by atoms with Crippen molar-refractivity contribution in [2.75, 3.05) is 5.32 Å². The number of alkyl halides is 3. The molecule has 3 rings (SSSR count). The Balaban J connectivity index is 1.82. The number of carbonyl (C=O) groups is 1. The van der Waals surface area contributed by atoms with Gasteiger partial charge in [0.05, 0.1) is 16.8 Å². The van der Waals surface area contributed by atoms with Gasteiger partial charge in [-0.1, -0.05) is 0 Å². The number of nitrogens with zero attached hydrogens (tertiary/aromatic N) is 3. The Kier molecular flexibility index (Phi) is 4.45. The van der Waals surface area contributed by atoms with Gasteiger partial charge in [-0.15, -0.1) is 21.5 Å². The Labute approximate surface area is 142 Å². The van der Waals surface area contributed by atoms with E-state index < -0.39 is 23.5 Å². The van der Waals surface area contributed by atoms with Gasteiger partial charge in [-0.3, -0.25) is 4.79 Å². The molecule has 0 saturated carbocycles. The monoisotopic (exact) mass is 368 g/mol. The molecule has 0 aliphatic rings. The van der Waals surface area contributed by atoms with Gasteiger partial charge in [-0.2, -0.15) is 13.2 Å². The highest BCUT2D eigenvalue weighted by Crippen LogP contribution is 2.33. The first-order valence-electron chi connectivity index (χ1n) is 6.75. The van der Waals surface area contributed by atoms with Crippen LogP contribution in [-0.4, -0.2) is 21.1 Å². The summed E-state index contributed by atoms with van der Waals surface area (Å²) in [5.74, 6) is -1.74. The maximum atomic E-state index is 13.3. The first-order chi connectivity index (χ1) is 11.8. The summed E-state index contributed by atoms with van der Waals surface area (Å²) in [6.45, 7) is 0. The Hall–Kier alpha value is -2.88. The van der Waals surface area contributed by atoms with E-state index in [0.29, 0.717) is 6.07 Å². The van der Waals surface area contributed by atoms with Gasteiger partial charge in [0, 0.05) is 10.9 Å². The lowest BCUT2D eigenvalue weighted by Crippen LogP contribution is -2.13. The number of nitrogens with one attached hydrogen (secondary N) is 1. The summed E-state index contributed by atoms with van der Waals surface area (Å²) in [5.41, 5.74) is 0.490. The minimum absolute atomic E-state index is 0.0543. The molecule has 0 aliphatic heterocycles. The lowest BCUT2D eigenvalue weighted by molar-refractivity contribution is -0.139. The van der Waals surface area contributed by atoms with Crippen LogP contribution >= 0.6 is 11.3 Å². The zero-order valence-electron chi connectivity index (χ0n) is 12.2. The minimum atomic E-state index is -4.81. The zero-order valence-corrected chi connectivity index (χ0v) is 13.0. The predicted octanol–water partition coefficient (Wildman–Crippen LogP) is 4.01. The second-order valence-electron chi connectivity index (χ2n) is 4.82. The van der Waals surface area contributed by atoms with Crippen LogP contribution in [0.15, 0.2) is 41.2 Å². The van der Waals surface area contributed by atoms with Gasteiger partial charge in [0.25, 0.3) is 5.91 Å². The number of hydrogen-bond acceptors (Lipinski definition) is 5. The van der Waals surface area contributed by atoms with E-state index in [9.17, 15) is 22.4 Å². The zero-order chi connectivity index (χ0) is 18.0. The third-order valence-corrected chi connectivity index (χ3v) is 3.73. The van der Waals surface area contributed by atoms with E-state index in [4.69, 9.17) is 0 Å². The van der Waals surface area contributed by atoms with Gasteiger partial charge in [-0.25, -0.2) is 9.37 Å². The van der Waals surface area contributed by atoms with E-state index in [1.807, 2.05) is 0 Å². The standard InChI is InChI=1S/C15H8F4N4OS/c16-10-2-1-8(5-9(10)15(17,18)19)11-3-4-13(23-22-11)21-14(24)12-6-25-7-20-12/h1-7H,(H,21,23,24). The van der Waals surface area contributed by atoms with Crippen molar-refractivity contribution in [3.63, 3.8) is 0 Å². The van der Waals surface area contributed by atoms with Gasteiger partial charge >= 0.3 is 6.18 Å². The molecule has 0 aliphatic carbocycles. The number of carbonyl (C=O) groups excluding carboxylic acids is 1. The molecular weight excluding hydrogens is 360 g/mol. The van der Waals surface area contributed by atoms with Crippen molar-refractivity contribution in [2.45, 2.75) is 6.18 Å². The fourth-order valence-corrected chi connectivity index (χ4v) is 2.49. The van der Waals surface area contributed by atoms with Gasteiger partial charge in [-0.05, 0) is 30.3 Å². The maximum absolute atomic E-state index is 13.3. The van der Waals surface area contributed by atoms with Gasteiger partial charge in [0.2, 0.25) is 0 Å². The number of rotatable bonds is 3. The van der Waals surface area contributed by atoms with Crippen LogP contribution in [0, 0.1) is 5.82 Å². The van der Waals surface area contributed by atoms with Crippen LogP contribution in [0.5, 0.6) is 0 Å². The van der Waals surface area contributed by atoms with E-state index in [1.54, 1.807) is 5.38 Å². The highest BCUT2D eigenvalue weighted by Gasteiger charge is 2.34. The van der Waals surface area contributed by atoms with Crippen LogP contribution < -0.4 is 5.32 Å². The third-order valence-electron chi connectivity index (χ3n) is 3.14. The molecule has 5 nitrogen and oxygen atoms in total. The van der Waals surface area contributed by atoms with Crippen LogP contribution in [-0.2, 0) is 6.18 Å². The topological polar surface area (TPSA) is 67.8 Å². The summed E-state index contributed by atoms with van der Waals surface area (Å²) in [4.78, 5) is 15.7. The van der Waals surface area contributed by atoms with Crippen LogP contribution in [0.2, 0.25) is 0 Å². The fraction of sp³-hybridized carbons (Fsp3) is 0.0667. The molecule has 128 valence electrons. The second kappa shape index (κ2) is 6.55. The van der Waals surface area contributed by atoms with E-state index in [2.05, 4.69) is 20.5 Å². The molecule has 1 aromatic carbocycles. The normalized spacial score (nSPS) is 11.4. The number of benzene rings is 1.